The summed E-state index contributed by atoms with van der Waals surface area (Å²) in [6.45, 7) is 2.51. The molecule has 0 bridgehead atoms. The van der Waals surface area contributed by atoms with Crippen LogP contribution in [0, 0.1) is 6.92 Å². The molecule has 0 saturated carbocycles. The van der Waals surface area contributed by atoms with Crippen LogP contribution in [0.5, 0.6) is 0 Å². The van der Waals surface area contributed by atoms with Gasteiger partial charge in [0.15, 0.2) is 5.13 Å². The largest absolute Gasteiger partial charge is 0.352 e. The zero-order valence-corrected chi connectivity index (χ0v) is 15.2. The number of hydrogen-bond acceptors (Lipinski definition) is 5. The molecule has 0 aliphatic rings. The number of nitrogens with one attached hydrogen (secondary N) is 2. The summed E-state index contributed by atoms with van der Waals surface area (Å²) in [6.07, 6.45) is 0.192. The van der Waals surface area contributed by atoms with Crippen molar-refractivity contribution in [3.8, 4) is 0 Å². The first-order valence-corrected chi connectivity index (χ1v) is 9.47. The summed E-state index contributed by atoms with van der Waals surface area (Å²) < 4.78 is 0. The number of carbonyl (C=O) groups is 2. The lowest BCUT2D eigenvalue weighted by Crippen LogP contribution is -2.24. The number of aromatic nitrogens is 1. The van der Waals surface area contributed by atoms with Crippen molar-refractivity contribution in [3.05, 3.63) is 68.9 Å². The van der Waals surface area contributed by atoms with Crippen molar-refractivity contribution in [1.29, 1.82) is 0 Å². The molecule has 0 aliphatic carbocycles. The average Bonchev–Trinajstić information content (AvgIpc) is 3.25. The second-order valence-corrected chi connectivity index (χ2v) is 7.32. The van der Waals surface area contributed by atoms with Crippen LogP contribution < -0.4 is 10.6 Å². The Labute approximate surface area is 153 Å². The van der Waals surface area contributed by atoms with Gasteiger partial charge in [-0.15, -0.1) is 22.7 Å². The van der Waals surface area contributed by atoms with Crippen LogP contribution in [0.4, 0.5) is 5.13 Å². The molecule has 0 saturated heterocycles. The summed E-state index contributed by atoms with van der Waals surface area (Å²) in [4.78, 5) is 29.0. The van der Waals surface area contributed by atoms with Crippen molar-refractivity contribution in [2.75, 3.05) is 5.32 Å². The highest BCUT2D eigenvalue weighted by Crippen LogP contribution is 2.18. The predicted molar refractivity (Wildman–Crippen MR) is 101 cm³/mol. The van der Waals surface area contributed by atoms with Crippen LogP contribution in [-0.4, -0.2) is 16.8 Å². The van der Waals surface area contributed by atoms with Crippen LogP contribution in [0.15, 0.2) is 47.2 Å². The van der Waals surface area contributed by atoms with Gasteiger partial charge in [-0.25, -0.2) is 4.98 Å². The fraction of sp³-hybridized carbons (Fsp3) is 0.167. The summed E-state index contributed by atoms with van der Waals surface area (Å²) in [5.41, 5.74) is 2.88. The number of thiophene rings is 1. The van der Waals surface area contributed by atoms with E-state index in [-0.39, 0.29) is 18.2 Å². The number of benzene rings is 1. The molecule has 2 N–H and O–H groups in total. The minimum atomic E-state index is -0.181. The lowest BCUT2D eigenvalue weighted by molar-refractivity contribution is -0.120. The van der Waals surface area contributed by atoms with Gasteiger partial charge >= 0.3 is 0 Å². The standard InChI is InChI=1S/C18H17N3O2S2/c1-12-4-2-5-13(8-12)10-19-16(22)9-14-11-25-18(20-14)21-17(23)15-6-3-7-24-15/h2-8,11H,9-10H2,1H3,(H,19,22)(H,20,21,23). The van der Waals surface area contributed by atoms with Gasteiger partial charge in [0.1, 0.15) is 0 Å². The SMILES string of the molecule is Cc1cccc(CNC(=O)Cc2csc(NC(=O)c3cccs3)n2)c1. The number of carbonyl (C=O) groups excluding carboxylic acids is 2. The summed E-state index contributed by atoms with van der Waals surface area (Å²) in [7, 11) is 0. The Morgan fingerprint density at radius 2 is 2.04 bits per heavy atom. The molecule has 25 heavy (non-hydrogen) atoms. The number of amides is 2. The second kappa shape index (κ2) is 8.04. The molecule has 0 fully saturated rings. The van der Waals surface area contributed by atoms with E-state index >= 15 is 0 Å². The Hall–Kier alpha value is -2.51. The predicted octanol–water partition coefficient (Wildman–Crippen LogP) is 3.62. The van der Waals surface area contributed by atoms with E-state index < -0.39 is 0 Å². The van der Waals surface area contributed by atoms with Gasteiger partial charge in [-0.3, -0.25) is 14.9 Å². The third-order valence-electron chi connectivity index (χ3n) is 3.43. The molecule has 0 atom stereocenters. The second-order valence-electron chi connectivity index (χ2n) is 5.52. The molecule has 0 spiro atoms. The van der Waals surface area contributed by atoms with E-state index in [0.717, 1.165) is 11.1 Å². The van der Waals surface area contributed by atoms with E-state index in [1.807, 2.05) is 42.6 Å². The number of hydrogen-bond donors (Lipinski definition) is 2. The number of rotatable bonds is 6. The highest BCUT2D eigenvalue weighted by atomic mass is 32.1. The van der Waals surface area contributed by atoms with E-state index in [1.54, 1.807) is 11.4 Å². The van der Waals surface area contributed by atoms with E-state index in [2.05, 4.69) is 15.6 Å². The van der Waals surface area contributed by atoms with Gasteiger partial charge in [-0.1, -0.05) is 35.9 Å². The fourth-order valence-corrected chi connectivity index (χ4v) is 3.59. The van der Waals surface area contributed by atoms with Crippen LogP contribution >= 0.6 is 22.7 Å². The van der Waals surface area contributed by atoms with Gasteiger partial charge in [0, 0.05) is 11.9 Å². The van der Waals surface area contributed by atoms with Gasteiger partial charge in [-0.05, 0) is 23.9 Å². The molecule has 3 aromatic rings. The monoisotopic (exact) mass is 371 g/mol. The highest BCUT2D eigenvalue weighted by molar-refractivity contribution is 7.14. The first-order valence-electron chi connectivity index (χ1n) is 7.71. The van der Waals surface area contributed by atoms with E-state index in [9.17, 15) is 9.59 Å². The molecule has 128 valence electrons. The summed E-state index contributed by atoms with van der Waals surface area (Å²) >= 11 is 2.69. The highest BCUT2D eigenvalue weighted by Gasteiger charge is 2.11. The smallest absolute Gasteiger partial charge is 0.267 e. The Balaban J connectivity index is 1.50. The Morgan fingerprint density at radius 3 is 2.80 bits per heavy atom. The van der Waals surface area contributed by atoms with Crippen LogP contribution in [-0.2, 0) is 17.8 Å². The van der Waals surface area contributed by atoms with E-state index in [4.69, 9.17) is 0 Å². The molecule has 5 nitrogen and oxygen atoms in total. The first-order chi connectivity index (χ1) is 12.1. The third kappa shape index (κ3) is 4.98. The van der Waals surface area contributed by atoms with E-state index in [0.29, 0.717) is 22.2 Å². The molecule has 0 unspecified atom stereocenters. The zero-order chi connectivity index (χ0) is 17.6. The Kier molecular flexibility index (Phi) is 5.57. The molecule has 2 aromatic heterocycles. The average molecular weight is 371 g/mol. The van der Waals surface area contributed by atoms with Gasteiger partial charge in [0.2, 0.25) is 5.91 Å². The van der Waals surface area contributed by atoms with Crippen LogP contribution in [0.3, 0.4) is 0 Å². The quantitative estimate of drug-likeness (QED) is 0.695. The van der Waals surface area contributed by atoms with Crippen molar-refractivity contribution in [1.82, 2.24) is 10.3 Å². The lowest BCUT2D eigenvalue weighted by Gasteiger charge is -2.05. The van der Waals surface area contributed by atoms with Crippen molar-refractivity contribution in [2.24, 2.45) is 0 Å². The molecule has 0 aliphatic heterocycles. The lowest BCUT2D eigenvalue weighted by atomic mass is 10.1. The van der Waals surface area contributed by atoms with Crippen molar-refractivity contribution >= 4 is 39.6 Å². The fourth-order valence-electron chi connectivity index (χ4n) is 2.26. The van der Waals surface area contributed by atoms with Crippen molar-refractivity contribution in [3.63, 3.8) is 0 Å². The zero-order valence-electron chi connectivity index (χ0n) is 13.6. The van der Waals surface area contributed by atoms with Gasteiger partial charge in [0.25, 0.3) is 5.91 Å². The van der Waals surface area contributed by atoms with Crippen LogP contribution in [0.25, 0.3) is 0 Å². The summed E-state index contributed by atoms with van der Waals surface area (Å²) in [6, 6.07) is 11.6. The van der Waals surface area contributed by atoms with Gasteiger partial charge in [-0.2, -0.15) is 0 Å². The molecule has 7 heteroatoms. The maximum Gasteiger partial charge on any atom is 0.267 e. The van der Waals surface area contributed by atoms with Gasteiger partial charge < -0.3 is 5.32 Å². The molecular formula is C18H17N3O2S2. The third-order valence-corrected chi connectivity index (χ3v) is 5.11. The Bertz CT molecular complexity index is 872. The van der Waals surface area contributed by atoms with Gasteiger partial charge in [0.05, 0.1) is 17.0 Å². The van der Waals surface area contributed by atoms with Crippen molar-refractivity contribution < 1.29 is 9.59 Å². The molecule has 2 amide bonds. The minimum absolute atomic E-state index is 0.0945. The van der Waals surface area contributed by atoms with Crippen LogP contribution in [0.1, 0.15) is 26.5 Å². The molecule has 2 heterocycles. The summed E-state index contributed by atoms with van der Waals surface area (Å²) in [5, 5.41) is 9.77. The minimum Gasteiger partial charge on any atom is -0.352 e. The first kappa shape index (κ1) is 17.3. The number of thiazole rings is 1. The normalized spacial score (nSPS) is 10.4. The number of anilines is 1. The van der Waals surface area contributed by atoms with Crippen molar-refractivity contribution in [2.45, 2.75) is 19.9 Å². The maximum absolute atomic E-state index is 12.1. The number of nitrogens with zero attached hydrogens (tertiary/aromatic N) is 1. The molecule has 3 rings (SSSR count). The molecular weight excluding hydrogens is 354 g/mol. The molecule has 0 radical (unpaired) electrons. The maximum atomic E-state index is 12.1. The van der Waals surface area contributed by atoms with Crippen LogP contribution in [0.2, 0.25) is 0 Å². The molecule has 1 aromatic carbocycles. The van der Waals surface area contributed by atoms with E-state index in [1.165, 1.54) is 22.7 Å². The Morgan fingerprint density at radius 1 is 1.16 bits per heavy atom. The number of aryl methyl sites for hydroxylation is 1. The topological polar surface area (TPSA) is 71.1 Å². The summed E-state index contributed by atoms with van der Waals surface area (Å²) in [5.74, 6) is -0.275.